The van der Waals surface area contributed by atoms with Gasteiger partial charge in [0.1, 0.15) is 0 Å². The Morgan fingerprint density at radius 1 is 1.12 bits per heavy atom. The van der Waals surface area contributed by atoms with Crippen LogP contribution in [0.25, 0.3) is 0 Å². The molecule has 0 bridgehead atoms. The quantitative estimate of drug-likeness (QED) is 0.768. The highest BCUT2D eigenvalue weighted by Crippen LogP contribution is 2.27. The molecule has 2 N–H and O–H groups in total. The maximum absolute atomic E-state index is 12.3. The zero-order valence-electron chi connectivity index (χ0n) is 14.7. The first-order valence-electron chi connectivity index (χ1n) is 8.26. The minimum absolute atomic E-state index is 0.0416. The molecule has 0 fully saturated rings. The summed E-state index contributed by atoms with van der Waals surface area (Å²) in [6.07, 6.45) is 0. The van der Waals surface area contributed by atoms with Crippen LogP contribution in [0, 0.1) is 6.92 Å². The molecule has 0 aliphatic heterocycles. The molecule has 0 aromatic heterocycles. The number of halogens is 1. The van der Waals surface area contributed by atoms with Crippen molar-refractivity contribution >= 4 is 23.2 Å². The third-order valence-electron chi connectivity index (χ3n) is 4.11. The number of benzene rings is 2. The van der Waals surface area contributed by atoms with Crippen molar-refractivity contribution in [3.63, 3.8) is 0 Å². The molecule has 4 heteroatoms. The first kappa shape index (κ1) is 18.5. The number of carbonyl (C=O) groups excluding carboxylic acids is 1. The number of nitrogens with one attached hydrogen (secondary N) is 2. The van der Waals surface area contributed by atoms with Crippen LogP contribution in [0.4, 0.5) is 5.69 Å². The molecule has 0 aliphatic rings. The van der Waals surface area contributed by atoms with Crippen LogP contribution in [0.5, 0.6) is 0 Å². The summed E-state index contributed by atoms with van der Waals surface area (Å²) in [5, 5.41) is 7.00. The second-order valence-corrected chi connectivity index (χ2v) is 6.84. The van der Waals surface area contributed by atoms with Crippen molar-refractivity contribution in [1.82, 2.24) is 5.32 Å². The van der Waals surface area contributed by atoms with E-state index in [4.69, 9.17) is 11.6 Å². The summed E-state index contributed by atoms with van der Waals surface area (Å²) in [6, 6.07) is 13.8. The monoisotopic (exact) mass is 344 g/mol. The molecular formula is C20H25ClN2O. The van der Waals surface area contributed by atoms with Gasteiger partial charge in [-0.05, 0) is 48.6 Å². The van der Waals surface area contributed by atoms with E-state index in [1.54, 1.807) is 0 Å². The zero-order chi connectivity index (χ0) is 17.7. The van der Waals surface area contributed by atoms with E-state index in [9.17, 15) is 4.79 Å². The summed E-state index contributed by atoms with van der Waals surface area (Å²) in [7, 11) is 0. The average molecular weight is 345 g/mol. The van der Waals surface area contributed by atoms with Gasteiger partial charge < -0.3 is 10.6 Å². The average Bonchev–Trinajstić information content (AvgIpc) is 2.54. The molecule has 1 atom stereocenters. The van der Waals surface area contributed by atoms with Crippen molar-refractivity contribution in [3.05, 3.63) is 64.2 Å². The van der Waals surface area contributed by atoms with E-state index in [1.165, 1.54) is 0 Å². The number of aryl methyl sites for hydroxylation is 1. The Bertz CT molecular complexity index is 713. The van der Waals surface area contributed by atoms with Crippen molar-refractivity contribution in [3.8, 4) is 0 Å². The van der Waals surface area contributed by atoms with Crippen LogP contribution in [0.15, 0.2) is 42.5 Å². The predicted molar refractivity (Wildman–Crippen MR) is 102 cm³/mol. The van der Waals surface area contributed by atoms with E-state index >= 15 is 0 Å². The van der Waals surface area contributed by atoms with Crippen LogP contribution in [-0.2, 0) is 4.79 Å². The first-order valence-corrected chi connectivity index (χ1v) is 8.64. The normalized spacial score (nSPS) is 12.2. The SMILES string of the molecule is Cc1cccc(C(C)C)c1NC(=O)CN[C@H](C)c1cccc(Cl)c1. The third kappa shape index (κ3) is 4.83. The minimum Gasteiger partial charge on any atom is -0.324 e. The van der Waals surface area contributed by atoms with Gasteiger partial charge in [-0.1, -0.05) is 55.8 Å². The lowest BCUT2D eigenvalue weighted by Crippen LogP contribution is -2.30. The van der Waals surface area contributed by atoms with E-state index < -0.39 is 0 Å². The predicted octanol–water partition coefficient (Wildman–Crippen LogP) is 5.06. The molecule has 0 aliphatic carbocycles. The van der Waals surface area contributed by atoms with Crippen LogP contribution in [0.3, 0.4) is 0 Å². The van der Waals surface area contributed by atoms with Gasteiger partial charge in [0.15, 0.2) is 0 Å². The van der Waals surface area contributed by atoms with Gasteiger partial charge in [0.25, 0.3) is 0 Å². The number of anilines is 1. The van der Waals surface area contributed by atoms with Gasteiger partial charge in [-0.25, -0.2) is 0 Å². The summed E-state index contributed by atoms with van der Waals surface area (Å²) < 4.78 is 0. The van der Waals surface area contributed by atoms with Crippen molar-refractivity contribution in [1.29, 1.82) is 0 Å². The lowest BCUT2D eigenvalue weighted by atomic mass is 9.98. The molecule has 0 saturated heterocycles. The Balaban J connectivity index is 1.99. The highest BCUT2D eigenvalue weighted by molar-refractivity contribution is 6.30. The molecule has 0 unspecified atom stereocenters. The standard InChI is InChI=1S/C20H25ClN2O/c1-13(2)18-10-5-7-14(3)20(18)23-19(24)12-22-15(4)16-8-6-9-17(21)11-16/h5-11,13,15,22H,12H2,1-4H3,(H,23,24)/t15-/m1/s1. The summed E-state index contributed by atoms with van der Waals surface area (Å²) in [5.74, 6) is 0.318. The van der Waals surface area contributed by atoms with Gasteiger partial charge in [0.2, 0.25) is 5.91 Å². The molecule has 2 aromatic carbocycles. The van der Waals surface area contributed by atoms with E-state index in [0.717, 1.165) is 22.4 Å². The van der Waals surface area contributed by atoms with Crippen LogP contribution in [0.1, 0.15) is 49.4 Å². The topological polar surface area (TPSA) is 41.1 Å². The van der Waals surface area contributed by atoms with E-state index in [1.807, 2.05) is 50.2 Å². The lowest BCUT2D eigenvalue weighted by molar-refractivity contribution is -0.115. The number of hydrogen-bond donors (Lipinski definition) is 2. The van der Waals surface area contributed by atoms with Crippen LogP contribution in [0.2, 0.25) is 5.02 Å². The number of para-hydroxylation sites is 1. The summed E-state index contributed by atoms with van der Waals surface area (Å²) in [5.41, 5.74) is 4.23. The molecule has 2 rings (SSSR count). The van der Waals surface area contributed by atoms with Crippen LogP contribution in [-0.4, -0.2) is 12.5 Å². The highest BCUT2D eigenvalue weighted by Gasteiger charge is 2.13. The molecule has 24 heavy (non-hydrogen) atoms. The fourth-order valence-electron chi connectivity index (χ4n) is 2.67. The first-order chi connectivity index (χ1) is 11.4. The lowest BCUT2D eigenvalue weighted by Gasteiger charge is -2.18. The Kier molecular flexibility index (Phi) is 6.41. The summed E-state index contributed by atoms with van der Waals surface area (Å²) >= 11 is 6.02. The van der Waals surface area contributed by atoms with Crippen LogP contribution >= 0.6 is 11.6 Å². The molecule has 3 nitrogen and oxygen atoms in total. The summed E-state index contributed by atoms with van der Waals surface area (Å²) in [6.45, 7) is 8.54. The van der Waals surface area contributed by atoms with Crippen molar-refractivity contribution in [2.75, 3.05) is 11.9 Å². The molecular weight excluding hydrogens is 320 g/mol. The maximum Gasteiger partial charge on any atom is 0.238 e. The number of carbonyl (C=O) groups is 1. The van der Waals surface area contributed by atoms with Crippen molar-refractivity contribution in [2.24, 2.45) is 0 Å². The van der Waals surface area contributed by atoms with Gasteiger partial charge in [-0.3, -0.25) is 4.79 Å². The molecule has 1 amide bonds. The molecule has 0 saturated carbocycles. The van der Waals surface area contributed by atoms with Crippen molar-refractivity contribution < 1.29 is 4.79 Å². The highest BCUT2D eigenvalue weighted by atomic mass is 35.5. The molecule has 0 spiro atoms. The van der Waals surface area contributed by atoms with Crippen LogP contribution < -0.4 is 10.6 Å². The van der Waals surface area contributed by atoms with Gasteiger partial charge >= 0.3 is 0 Å². The molecule has 0 radical (unpaired) electrons. The van der Waals surface area contributed by atoms with E-state index in [0.29, 0.717) is 10.9 Å². The minimum atomic E-state index is -0.0416. The maximum atomic E-state index is 12.3. The van der Waals surface area contributed by atoms with Gasteiger partial charge in [0, 0.05) is 16.8 Å². The third-order valence-corrected chi connectivity index (χ3v) is 4.34. The zero-order valence-corrected chi connectivity index (χ0v) is 15.4. The fraction of sp³-hybridized carbons (Fsp3) is 0.350. The molecule has 128 valence electrons. The van der Waals surface area contributed by atoms with Crippen molar-refractivity contribution in [2.45, 2.75) is 39.7 Å². The molecule has 2 aromatic rings. The Morgan fingerprint density at radius 3 is 2.50 bits per heavy atom. The fourth-order valence-corrected chi connectivity index (χ4v) is 2.86. The van der Waals surface area contributed by atoms with Gasteiger partial charge in [-0.2, -0.15) is 0 Å². The number of hydrogen-bond acceptors (Lipinski definition) is 2. The second kappa shape index (κ2) is 8.32. The Morgan fingerprint density at radius 2 is 1.83 bits per heavy atom. The molecule has 0 heterocycles. The number of amides is 1. The largest absolute Gasteiger partial charge is 0.324 e. The Hall–Kier alpha value is -1.84. The second-order valence-electron chi connectivity index (χ2n) is 6.40. The Labute approximate surface area is 149 Å². The van der Waals surface area contributed by atoms with E-state index in [2.05, 4.69) is 30.5 Å². The number of rotatable bonds is 6. The summed E-state index contributed by atoms with van der Waals surface area (Å²) in [4.78, 5) is 12.3. The van der Waals surface area contributed by atoms with Gasteiger partial charge in [-0.15, -0.1) is 0 Å². The van der Waals surface area contributed by atoms with E-state index in [-0.39, 0.29) is 18.5 Å². The smallest absolute Gasteiger partial charge is 0.238 e. The van der Waals surface area contributed by atoms with Gasteiger partial charge in [0.05, 0.1) is 6.54 Å².